The van der Waals surface area contributed by atoms with Gasteiger partial charge in [0, 0.05) is 6.07 Å². The van der Waals surface area contributed by atoms with Crippen molar-refractivity contribution in [2.45, 2.75) is 6.54 Å². The number of aliphatic imine (C=N–C) groups is 1. The highest BCUT2D eigenvalue weighted by molar-refractivity contribution is 7.78. The van der Waals surface area contributed by atoms with Crippen LogP contribution >= 0.6 is 12.2 Å². The van der Waals surface area contributed by atoms with E-state index in [0.29, 0.717) is 5.56 Å². The smallest absolute Gasteiger partial charge is 0.258 e. The fraction of sp³-hybridized carbons (Fsp3) is 0.125. The van der Waals surface area contributed by atoms with E-state index in [1.54, 1.807) is 18.2 Å². The molecule has 0 aliphatic heterocycles. The van der Waals surface area contributed by atoms with E-state index in [4.69, 9.17) is 0 Å². The number of hydrogen-bond donors (Lipinski definition) is 0. The van der Waals surface area contributed by atoms with Crippen molar-refractivity contribution in [3.05, 3.63) is 39.9 Å². The molecule has 0 saturated heterocycles. The van der Waals surface area contributed by atoms with Crippen LogP contribution in [-0.2, 0) is 6.54 Å². The van der Waals surface area contributed by atoms with Crippen LogP contribution in [0.15, 0.2) is 29.3 Å². The lowest BCUT2D eigenvalue weighted by molar-refractivity contribution is -0.385. The normalized spacial score (nSPS) is 8.92. The van der Waals surface area contributed by atoms with E-state index < -0.39 is 4.92 Å². The molecule has 0 aromatic heterocycles. The molecule has 0 spiro atoms. The molecule has 5 heteroatoms. The van der Waals surface area contributed by atoms with Crippen molar-refractivity contribution >= 4 is 23.1 Å². The van der Waals surface area contributed by atoms with E-state index in [1.807, 2.05) is 0 Å². The van der Waals surface area contributed by atoms with Gasteiger partial charge in [-0.25, -0.2) is 4.99 Å². The first-order chi connectivity index (χ1) is 6.25. The highest BCUT2D eigenvalue weighted by Gasteiger charge is 2.10. The molecule has 0 aliphatic rings. The number of nitro benzene ring substituents is 1. The first-order valence-electron chi connectivity index (χ1n) is 3.51. The Labute approximate surface area is 80.1 Å². The first kappa shape index (κ1) is 9.51. The van der Waals surface area contributed by atoms with Crippen LogP contribution in [-0.4, -0.2) is 10.1 Å². The standard InChI is InChI=1S/C8H6N2O2S/c11-10(12)8-4-2-1-3-7(8)5-9-6-13/h1-4H,5H2. The number of nitrogens with zero attached hydrogens (tertiary/aromatic N) is 2. The van der Waals surface area contributed by atoms with E-state index >= 15 is 0 Å². The van der Waals surface area contributed by atoms with Gasteiger partial charge in [0.25, 0.3) is 5.69 Å². The van der Waals surface area contributed by atoms with Crippen molar-refractivity contribution in [1.82, 2.24) is 0 Å². The molecular weight excluding hydrogens is 188 g/mol. The van der Waals surface area contributed by atoms with Gasteiger partial charge in [-0.1, -0.05) is 18.2 Å². The maximum Gasteiger partial charge on any atom is 0.274 e. The maximum atomic E-state index is 10.5. The van der Waals surface area contributed by atoms with E-state index in [0.717, 1.165) is 0 Å². The Morgan fingerprint density at radius 2 is 2.23 bits per heavy atom. The summed E-state index contributed by atoms with van der Waals surface area (Å²) in [6.45, 7) is 0.209. The Hall–Kier alpha value is -1.58. The van der Waals surface area contributed by atoms with E-state index in [9.17, 15) is 10.1 Å². The molecule has 0 amide bonds. The number of thiocarbonyl (C=S) groups is 1. The zero-order valence-corrected chi connectivity index (χ0v) is 7.45. The average molecular weight is 194 g/mol. The molecule has 0 saturated carbocycles. The minimum Gasteiger partial charge on any atom is -0.258 e. The summed E-state index contributed by atoms with van der Waals surface area (Å²) in [4.78, 5) is 13.7. The lowest BCUT2D eigenvalue weighted by Gasteiger charge is -1.96. The first-order valence-corrected chi connectivity index (χ1v) is 3.92. The zero-order valence-electron chi connectivity index (χ0n) is 6.64. The SMILES string of the molecule is O=[N+]([O-])c1ccccc1CN=C=S. The molecule has 0 radical (unpaired) electrons. The van der Waals surface area contributed by atoms with Crippen molar-refractivity contribution < 1.29 is 4.92 Å². The van der Waals surface area contributed by atoms with Gasteiger partial charge in [-0.05, 0) is 12.2 Å². The van der Waals surface area contributed by atoms with Crippen molar-refractivity contribution in [2.24, 2.45) is 4.99 Å². The van der Waals surface area contributed by atoms with Crippen LogP contribution in [0, 0.1) is 10.1 Å². The van der Waals surface area contributed by atoms with Crippen molar-refractivity contribution in [3.8, 4) is 0 Å². The second kappa shape index (κ2) is 4.45. The Bertz CT molecular complexity index is 372. The third-order valence-corrected chi connectivity index (χ3v) is 1.63. The number of isothiocyanates is 1. The summed E-state index contributed by atoms with van der Waals surface area (Å²) in [5, 5.41) is 12.7. The van der Waals surface area contributed by atoms with E-state index in [2.05, 4.69) is 22.4 Å². The van der Waals surface area contributed by atoms with Crippen LogP contribution in [0.1, 0.15) is 5.56 Å². The molecule has 0 fully saturated rings. The number of nitro groups is 1. The Morgan fingerprint density at radius 1 is 1.54 bits per heavy atom. The van der Waals surface area contributed by atoms with Crippen LogP contribution in [0.25, 0.3) is 0 Å². The van der Waals surface area contributed by atoms with Crippen LogP contribution in [0.3, 0.4) is 0 Å². The minimum atomic E-state index is -0.436. The van der Waals surface area contributed by atoms with Crippen molar-refractivity contribution in [2.75, 3.05) is 0 Å². The van der Waals surface area contributed by atoms with Crippen LogP contribution in [0.4, 0.5) is 5.69 Å². The Morgan fingerprint density at radius 3 is 2.85 bits per heavy atom. The topological polar surface area (TPSA) is 55.5 Å². The van der Waals surface area contributed by atoms with Crippen LogP contribution in [0.2, 0.25) is 0 Å². The van der Waals surface area contributed by atoms with Crippen molar-refractivity contribution in [1.29, 1.82) is 0 Å². The van der Waals surface area contributed by atoms with Gasteiger partial charge in [0.2, 0.25) is 0 Å². The molecule has 1 aromatic rings. The van der Waals surface area contributed by atoms with Gasteiger partial charge in [-0.3, -0.25) is 10.1 Å². The van der Waals surface area contributed by atoms with Gasteiger partial charge in [-0.2, -0.15) is 0 Å². The predicted molar refractivity (Wildman–Crippen MR) is 51.8 cm³/mol. The Kier molecular flexibility index (Phi) is 3.25. The molecule has 0 bridgehead atoms. The second-order valence-electron chi connectivity index (χ2n) is 2.29. The maximum absolute atomic E-state index is 10.5. The van der Waals surface area contributed by atoms with Gasteiger partial charge >= 0.3 is 0 Å². The van der Waals surface area contributed by atoms with Gasteiger partial charge in [0.05, 0.1) is 22.2 Å². The summed E-state index contributed by atoms with van der Waals surface area (Å²) < 4.78 is 0. The molecule has 4 nitrogen and oxygen atoms in total. The van der Waals surface area contributed by atoms with Crippen LogP contribution < -0.4 is 0 Å². The number of benzene rings is 1. The average Bonchev–Trinajstić information content (AvgIpc) is 2.15. The molecule has 0 atom stereocenters. The summed E-state index contributed by atoms with van der Waals surface area (Å²) >= 11 is 4.37. The molecular formula is C8H6N2O2S. The van der Waals surface area contributed by atoms with Gasteiger partial charge < -0.3 is 0 Å². The summed E-state index contributed by atoms with van der Waals surface area (Å²) in [6.07, 6.45) is 0. The molecule has 0 aliphatic carbocycles. The molecule has 0 heterocycles. The highest BCUT2D eigenvalue weighted by atomic mass is 32.1. The lowest BCUT2D eigenvalue weighted by Crippen LogP contribution is -1.93. The molecule has 1 aromatic carbocycles. The highest BCUT2D eigenvalue weighted by Crippen LogP contribution is 2.17. The molecule has 13 heavy (non-hydrogen) atoms. The molecule has 0 unspecified atom stereocenters. The third-order valence-electron chi connectivity index (χ3n) is 1.50. The fourth-order valence-electron chi connectivity index (χ4n) is 0.940. The number of hydrogen-bond acceptors (Lipinski definition) is 4. The van der Waals surface area contributed by atoms with Gasteiger partial charge in [-0.15, -0.1) is 0 Å². The molecule has 0 N–H and O–H groups in total. The van der Waals surface area contributed by atoms with Crippen molar-refractivity contribution in [3.63, 3.8) is 0 Å². The monoisotopic (exact) mass is 194 g/mol. The van der Waals surface area contributed by atoms with E-state index in [1.165, 1.54) is 6.07 Å². The second-order valence-corrected chi connectivity index (χ2v) is 2.48. The number of rotatable bonds is 3. The van der Waals surface area contributed by atoms with Gasteiger partial charge in [0.15, 0.2) is 0 Å². The summed E-state index contributed by atoms with van der Waals surface area (Å²) in [5.41, 5.74) is 0.612. The summed E-state index contributed by atoms with van der Waals surface area (Å²) in [5.74, 6) is 0. The molecule has 1 rings (SSSR count). The largest absolute Gasteiger partial charge is 0.274 e. The quantitative estimate of drug-likeness (QED) is 0.321. The predicted octanol–water partition coefficient (Wildman–Crippen LogP) is 2.20. The third kappa shape index (κ3) is 2.43. The molecule has 66 valence electrons. The van der Waals surface area contributed by atoms with Crippen LogP contribution in [0.5, 0.6) is 0 Å². The lowest BCUT2D eigenvalue weighted by atomic mass is 10.2. The number of para-hydroxylation sites is 1. The minimum absolute atomic E-state index is 0.0662. The van der Waals surface area contributed by atoms with E-state index in [-0.39, 0.29) is 12.2 Å². The van der Waals surface area contributed by atoms with Gasteiger partial charge in [0.1, 0.15) is 0 Å². The zero-order chi connectivity index (χ0) is 9.68. The fourth-order valence-corrected chi connectivity index (χ4v) is 1.00. The Balaban J connectivity index is 3.04. The summed E-state index contributed by atoms with van der Waals surface area (Å²) in [7, 11) is 0. The summed E-state index contributed by atoms with van der Waals surface area (Å²) in [6, 6.07) is 6.42.